The highest BCUT2D eigenvalue weighted by Crippen LogP contribution is 2.32. The van der Waals surface area contributed by atoms with E-state index in [0.29, 0.717) is 5.56 Å². The molecule has 1 aliphatic rings. The summed E-state index contributed by atoms with van der Waals surface area (Å²) in [5.41, 5.74) is -0.217. The molecule has 12 heteroatoms. The zero-order valence-corrected chi connectivity index (χ0v) is 19.0. The molecule has 1 aliphatic heterocycles. The molecule has 0 radical (unpaired) electrons. The predicted molar refractivity (Wildman–Crippen MR) is 122 cm³/mol. The number of benzene rings is 1. The highest BCUT2D eigenvalue weighted by atomic mass is 35.5. The van der Waals surface area contributed by atoms with Crippen molar-refractivity contribution in [1.29, 1.82) is 0 Å². The number of piperidine rings is 1. The largest absolute Gasteiger partial charge is 0.476 e. The Morgan fingerprint density at radius 1 is 1.24 bits per heavy atom. The zero-order chi connectivity index (χ0) is 24.8. The van der Waals surface area contributed by atoms with Crippen molar-refractivity contribution in [3.05, 3.63) is 56.8 Å². The van der Waals surface area contributed by atoms with Crippen LogP contribution in [0.25, 0.3) is 10.9 Å². The fraction of sp³-hybridized carbons (Fsp3) is 0.364. The van der Waals surface area contributed by atoms with Crippen LogP contribution in [0, 0.1) is 5.82 Å². The van der Waals surface area contributed by atoms with Gasteiger partial charge in [0.2, 0.25) is 5.95 Å². The Bertz CT molecular complexity index is 1340. The maximum absolute atomic E-state index is 14.5. The summed E-state index contributed by atoms with van der Waals surface area (Å²) in [6, 6.07) is 4.41. The first-order chi connectivity index (χ1) is 16.0. The SMILES string of the molecule is CC(Nc1ccc(Cl)nc1C(=O)O)c1cc(F)cc2c(=O)n(C)c(N3CCC(F)(F)CC3)nc12. The number of carboxylic acid groups (broad SMARTS) is 1. The molecule has 0 spiro atoms. The van der Waals surface area contributed by atoms with Crippen molar-refractivity contribution in [2.24, 2.45) is 7.05 Å². The number of hydrogen-bond donors (Lipinski definition) is 2. The second kappa shape index (κ2) is 8.79. The van der Waals surface area contributed by atoms with Crippen LogP contribution in [-0.4, -0.2) is 44.6 Å². The van der Waals surface area contributed by atoms with E-state index in [0.717, 1.165) is 6.07 Å². The van der Waals surface area contributed by atoms with Crippen LogP contribution < -0.4 is 15.8 Å². The van der Waals surface area contributed by atoms with Gasteiger partial charge in [0.15, 0.2) is 5.69 Å². The first-order valence-electron chi connectivity index (χ1n) is 10.5. The van der Waals surface area contributed by atoms with E-state index in [4.69, 9.17) is 11.6 Å². The predicted octanol–water partition coefficient (Wildman–Crippen LogP) is 4.23. The third-order valence-corrected chi connectivity index (χ3v) is 6.04. The smallest absolute Gasteiger partial charge is 0.356 e. The number of hydrogen-bond acceptors (Lipinski definition) is 6. The number of halogens is 4. The lowest BCUT2D eigenvalue weighted by atomic mass is 10.0. The Labute approximate surface area is 197 Å². The van der Waals surface area contributed by atoms with Gasteiger partial charge in [0.05, 0.1) is 22.6 Å². The van der Waals surface area contributed by atoms with Crippen LogP contribution in [0.15, 0.2) is 29.1 Å². The summed E-state index contributed by atoms with van der Waals surface area (Å²) in [6.07, 6.45) is -0.729. The van der Waals surface area contributed by atoms with Gasteiger partial charge >= 0.3 is 5.97 Å². The molecule has 1 saturated heterocycles. The van der Waals surface area contributed by atoms with Crippen molar-refractivity contribution in [1.82, 2.24) is 14.5 Å². The molecule has 0 saturated carbocycles. The number of anilines is 2. The van der Waals surface area contributed by atoms with E-state index >= 15 is 0 Å². The molecule has 1 atom stereocenters. The van der Waals surface area contributed by atoms with Crippen LogP contribution in [0.5, 0.6) is 0 Å². The molecule has 3 heterocycles. The van der Waals surface area contributed by atoms with Gasteiger partial charge in [-0.15, -0.1) is 0 Å². The number of rotatable bonds is 5. The van der Waals surface area contributed by atoms with Crippen molar-refractivity contribution < 1.29 is 23.1 Å². The molecule has 1 unspecified atom stereocenters. The lowest BCUT2D eigenvalue weighted by Crippen LogP contribution is -2.42. The average molecular weight is 496 g/mol. The molecule has 4 rings (SSSR count). The summed E-state index contributed by atoms with van der Waals surface area (Å²) >= 11 is 5.80. The van der Waals surface area contributed by atoms with Gasteiger partial charge in [0, 0.05) is 38.5 Å². The molecule has 3 aromatic rings. The fourth-order valence-corrected chi connectivity index (χ4v) is 4.17. The van der Waals surface area contributed by atoms with Crippen LogP contribution in [0.3, 0.4) is 0 Å². The second-order valence-electron chi connectivity index (χ2n) is 8.21. The molecule has 2 N–H and O–H groups in total. The third-order valence-electron chi connectivity index (χ3n) is 5.83. The highest BCUT2D eigenvalue weighted by Gasteiger charge is 2.35. The average Bonchev–Trinajstić information content (AvgIpc) is 2.77. The van der Waals surface area contributed by atoms with E-state index in [1.165, 1.54) is 29.8 Å². The Balaban J connectivity index is 1.79. The van der Waals surface area contributed by atoms with E-state index < -0.39 is 29.3 Å². The quantitative estimate of drug-likeness (QED) is 0.511. The van der Waals surface area contributed by atoms with Gasteiger partial charge in [0.1, 0.15) is 11.0 Å². The van der Waals surface area contributed by atoms with Gasteiger partial charge in [-0.2, -0.15) is 0 Å². The van der Waals surface area contributed by atoms with Crippen molar-refractivity contribution in [3.63, 3.8) is 0 Å². The highest BCUT2D eigenvalue weighted by molar-refractivity contribution is 6.29. The molecule has 1 fully saturated rings. The lowest BCUT2D eigenvalue weighted by Gasteiger charge is -2.33. The Kier molecular flexibility index (Phi) is 6.15. The number of nitrogens with zero attached hydrogens (tertiary/aromatic N) is 4. The van der Waals surface area contributed by atoms with Crippen LogP contribution in [0.4, 0.5) is 24.8 Å². The molecular formula is C22H21ClF3N5O3. The number of carboxylic acids is 1. The van der Waals surface area contributed by atoms with E-state index in [1.807, 2.05) is 0 Å². The summed E-state index contributed by atoms with van der Waals surface area (Å²) in [4.78, 5) is 34.6. The summed E-state index contributed by atoms with van der Waals surface area (Å²) < 4.78 is 43.0. The van der Waals surface area contributed by atoms with E-state index in [-0.39, 0.29) is 59.3 Å². The Morgan fingerprint density at radius 2 is 1.91 bits per heavy atom. The van der Waals surface area contributed by atoms with Crippen molar-refractivity contribution in [3.8, 4) is 0 Å². The van der Waals surface area contributed by atoms with Gasteiger partial charge < -0.3 is 15.3 Å². The Hall–Kier alpha value is -3.34. The number of nitrogens with one attached hydrogen (secondary N) is 1. The first kappa shape index (κ1) is 23.8. The van der Waals surface area contributed by atoms with Crippen LogP contribution in [-0.2, 0) is 7.05 Å². The normalized spacial score (nSPS) is 16.5. The van der Waals surface area contributed by atoms with Crippen molar-refractivity contribution >= 4 is 40.1 Å². The summed E-state index contributed by atoms with van der Waals surface area (Å²) in [5.74, 6) is -4.55. The minimum Gasteiger partial charge on any atom is -0.476 e. The monoisotopic (exact) mass is 495 g/mol. The molecular weight excluding hydrogens is 475 g/mol. The molecule has 1 aromatic carbocycles. The molecule has 0 bridgehead atoms. The zero-order valence-electron chi connectivity index (χ0n) is 18.3. The van der Waals surface area contributed by atoms with E-state index in [9.17, 15) is 27.9 Å². The number of carbonyl (C=O) groups is 1. The minimum atomic E-state index is -2.77. The second-order valence-corrected chi connectivity index (χ2v) is 8.60. The maximum atomic E-state index is 14.5. The van der Waals surface area contributed by atoms with Crippen LogP contribution in [0.2, 0.25) is 5.15 Å². The number of aromatic carboxylic acids is 1. The molecule has 2 aromatic heterocycles. The number of alkyl halides is 2. The molecule has 0 aliphatic carbocycles. The fourth-order valence-electron chi connectivity index (χ4n) is 4.03. The summed E-state index contributed by atoms with van der Waals surface area (Å²) in [6.45, 7) is 1.68. The summed E-state index contributed by atoms with van der Waals surface area (Å²) in [5, 5.41) is 12.4. The molecule has 180 valence electrons. The van der Waals surface area contributed by atoms with Crippen LogP contribution >= 0.6 is 11.6 Å². The summed E-state index contributed by atoms with van der Waals surface area (Å²) in [7, 11) is 1.46. The van der Waals surface area contributed by atoms with Crippen molar-refractivity contribution in [2.45, 2.75) is 31.7 Å². The standard InChI is InChI=1S/C22H21ClF3N5O3/c1-11(27-15-3-4-16(23)28-18(15)20(33)34)13-9-12(24)10-14-17(13)29-21(30(2)19(14)32)31-7-5-22(25,26)6-8-31/h3-4,9-11,27H,5-8H2,1-2H3,(H,33,34). The van der Waals surface area contributed by atoms with Gasteiger partial charge in [-0.25, -0.2) is 27.9 Å². The number of aromatic nitrogens is 3. The lowest BCUT2D eigenvalue weighted by molar-refractivity contribution is -0.0223. The van der Waals surface area contributed by atoms with Crippen molar-refractivity contribution in [2.75, 3.05) is 23.3 Å². The molecule has 8 nitrogen and oxygen atoms in total. The third kappa shape index (κ3) is 4.52. The van der Waals surface area contributed by atoms with E-state index in [2.05, 4.69) is 15.3 Å². The maximum Gasteiger partial charge on any atom is 0.356 e. The van der Waals surface area contributed by atoms with Gasteiger partial charge in [0.25, 0.3) is 11.5 Å². The van der Waals surface area contributed by atoms with Gasteiger partial charge in [-0.1, -0.05) is 11.6 Å². The minimum absolute atomic E-state index is 0.00581. The molecule has 0 amide bonds. The number of fused-ring (bicyclic) bond motifs is 1. The van der Waals surface area contributed by atoms with Gasteiger partial charge in [-0.05, 0) is 31.2 Å². The first-order valence-corrected chi connectivity index (χ1v) is 10.8. The van der Waals surface area contributed by atoms with Crippen LogP contribution in [0.1, 0.15) is 41.9 Å². The van der Waals surface area contributed by atoms with Gasteiger partial charge in [-0.3, -0.25) is 9.36 Å². The number of pyridine rings is 1. The Morgan fingerprint density at radius 3 is 2.56 bits per heavy atom. The topological polar surface area (TPSA) is 100 Å². The van der Waals surface area contributed by atoms with E-state index in [1.54, 1.807) is 11.8 Å². The molecule has 34 heavy (non-hydrogen) atoms.